The molecule has 0 fully saturated rings. The van der Waals surface area contributed by atoms with Crippen molar-refractivity contribution in [1.82, 2.24) is 4.98 Å². The van der Waals surface area contributed by atoms with Crippen LogP contribution in [0.4, 0.5) is 5.69 Å². The van der Waals surface area contributed by atoms with Gasteiger partial charge < -0.3 is 10.1 Å². The maximum Gasteiger partial charge on any atom is 0.358 e. The van der Waals surface area contributed by atoms with E-state index in [0.717, 1.165) is 9.88 Å². The molecule has 2 aromatic heterocycles. The molecule has 0 radical (unpaired) electrons. The largest absolute Gasteiger partial charge is 0.451 e. The number of hydrogen-bond acceptors (Lipinski definition) is 6. The van der Waals surface area contributed by atoms with E-state index in [-0.39, 0.29) is 23.6 Å². The number of nitrogens with zero attached hydrogens (tertiary/aromatic N) is 1. The molecule has 3 rings (SSSR count). The van der Waals surface area contributed by atoms with Crippen LogP contribution in [0.1, 0.15) is 36.8 Å². The van der Waals surface area contributed by atoms with Gasteiger partial charge in [-0.2, -0.15) is 0 Å². The minimum absolute atomic E-state index is 0.0492. The van der Waals surface area contributed by atoms with E-state index in [1.54, 1.807) is 16.7 Å². The molecule has 0 aliphatic carbocycles. The fraction of sp³-hybridized carbons (Fsp3) is 0.250. The lowest BCUT2D eigenvalue weighted by Gasteiger charge is -2.19. The van der Waals surface area contributed by atoms with E-state index in [1.165, 1.54) is 16.9 Å². The number of benzene rings is 1. The lowest BCUT2D eigenvalue weighted by atomic mass is 9.87. The van der Waals surface area contributed by atoms with Crippen molar-refractivity contribution >= 4 is 40.2 Å². The van der Waals surface area contributed by atoms with E-state index in [2.05, 4.69) is 31.1 Å². The van der Waals surface area contributed by atoms with Gasteiger partial charge in [0.2, 0.25) is 0 Å². The smallest absolute Gasteiger partial charge is 0.358 e. The first-order chi connectivity index (χ1) is 12.8. The molecule has 5 nitrogen and oxygen atoms in total. The first-order valence-corrected chi connectivity index (χ1v) is 10.2. The van der Waals surface area contributed by atoms with Gasteiger partial charge in [-0.05, 0) is 34.6 Å². The number of thiazole rings is 1. The second-order valence-electron chi connectivity index (χ2n) is 6.97. The molecule has 1 aromatic carbocycles. The summed E-state index contributed by atoms with van der Waals surface area (Å²) in [7, 11) is 0. The molecule has 0 bridgehead atoms. The molecule has 7 heteroatoms. The summed E-state index contributed by atoms with van der Waals surface area (Å²) < 4.78 is 5.07. The van der Waals surface area contributed by atoms with Gasteiger partial charge in [0.25, 0.3) is 5.91 Å². The Morgan fingerprint density at radius 1 is 1.11 bits per heavy atom. The predicted octanol–water partition coefficient (Wildman–Crippen LogP) is 4.96. The normalized spacial score (nSPS) is 11.2. The number of carbonyl (C=O) groups is 2. The SMILES string of the molecule is CC(C)(C)c1ccc(NC(=O)COC(=O)c2csc(-c3cccs3)n2)cc1. The fourth-order valence-electron chi connectivity index (χ4n) is 2.34. The lowest BCUT2D eigenvalue weighted by Crippen LogP contribution is -2.21. The number of carbonyl (C=O) groups excluding carboxylic acids is 2. The van der Waals surface area contributed by atoms with Gasteiger partial charge in [0.05, 0.1) is 4.88 Å². The lowest BCUT2D eigenvalue weighted by molar-refractivity contribution is -0.119. The summed E-state index contributed by atoms with van der Waals surface area (Å²) in [6, 6.07) is 11.5. The van der Waals surface area contributed by atoms with Crippen LogP contribution in [0.2, 0.25) is 0 Å². The zero-order valence-corrected chi connectivity index (χ0v) is 16.9. The average Bonchev–Trinajstić information content (AvgIpc) is 3.30. The van der Waals surface area contributed by atoms with Crippen LogP contribution in [0, 0.1) is 0 Å². The van der Waals surface area contributed by atoms with Crippen LogP contribution in [-0.2, 0) is 14.9 Å². The Morgan fingerprint density at radius 3 is 2.48 bits per heavy atom. The minimum Gasteiger partial charge on any atom is -0.451 e. The Hall–Kier alpha value is -2.51. The van der Waals surface area contributed by atoms with Crippen molar-refractivity contribution in [2.24, 2.45) is 0 Å². The van der Waals surface area contributed by atoms with Crippen LogP contribution in [0.3, 0.4) is 0 Å². The zero-order valence-electron chi connectivity index (χ0n) is 15.3. The number of ether oxygens (including phenoxy) is 1. The van der Waals surface area contributed by atoms with Crippen molar-refractivity contribution in [2.45, 2.75) is 26.2 Å². The summed E-state index contributed by atoms with van der Waals surface area (Å²) in [5.41, 5.74) is 2.11. The molecule has 140 valence electrons. The summed E-state index contributed by atoms with van der Waals surface area (Å²) in [5, 5.41) is 7.08. The van der Waals surface area contributed by atoms with Gasteiger partial charge in [0, 0.05) is 11.1 Å². The van der Waals surface area contributed by atoms with E-state index in [9.17, 15) is 9.59 Å². The molecule has 0 aliphatic heterocycles. The van der Waals surface area contributed by atoms with Crippen molar-refractivity contribution in [3.63, 3.8) is 0 Å². The van der Waals surface area contributed by atoms with Gasteiger partial charge in [-0.25, -0.2) is 9.78 Å². The van der Waals surface area contributed by atoms with Gasteiger partial charge >= 0.3 is 5.97 Å². The van der Waals surface area contributed by atoms with Gasteiger partial charge in [0.1, 0.15) is 5.01 Å². The second-order valence-corrected chi connectivity index (χ2v) is 8.77. The Bertz CT molecular complexity index is 923. The van der Waals surface area contributed by atoms with Crippen LogP contribution in [-0.4, -0.2) is 23.5 Å². The highest BCUT2D eigenvalue weighted by atomic mass is 32.1. The Labute approximate surface area is 166 Å². The average molecular weight is 401 g/mol. The van der Waals surface area contributed by atoms with Crippen molar-refractivity contribution in [3.8, 4) is 9.88 Å². The molecule has 1 amide bonds. The van der Waals surface area contributed by atoms with Crippen LogP contribution in [0.5, 0.6) is 0 Å². The van der Waals surface area contributed by atoms with Crippen LogP contribution < -0.4 is 5.32 Å². The molecule has 0 saturated heterocycles. The third-order valence-electron chi connectivity index (χ3n) is 3.81. The first kappa shape index (κ1) is 19.3. The van der Waals surface area contributed by atoms with Crippen LogP contribution >= 0.6 is 22.7 Å². The molecule has 0 saturated carbocycles. The van der Waals surface area contributed by atoms with Crippen molar-refractivity contribution in [1.29, 1.82) is 0 Å². The van der Waals surface area contributed by atoms with E-state index in [0.29, 0.717) is 5.69 Å². The van der Waals surface area contributed by atoms with Gasteiger partial charge in [-0.1, -0.05) is 39.0 Å². The van der Waals surface area contributed by atoms with Crippen molar-refractivity contribution in [3.05, 3.63) is 58.4 Å². The maximum atomic E-state index is 12.1. The van der Waals surface area contributed by atoms with Gasteiger partial charge in [-0.3, -0.25) is 4.79 Å². The van der Waals surface area contributed by atoms with E-state index in [4.69, 9.17) is 4.74 Å². The van der Waals surface area contributed by atoms with Crippen LogP contribution in [0.25, 0.3) is 9.88 Å². The first-order valence-electron chi connectivity index (χ1n) is 8.40. The molecule has 0 atom stereocenters. The standard InChI is InChI=1S/C20H20N2O3S2/c1-20(2,3)13-6-8-14(9-7-13)21-17(23)11-25-19(24)15-12-27-18(22-15)16-5-4-10-26-16/h4-10,12H,11H2,1-3H3,(H,21,23). The quantitative estimate of drug-likeness (QED) is 0.614. The Morgan fingerprint density at radius 2 is 1.85 bits per heavy atom. The number of rotatable bonds is 5. The number of thiophene rings is 1. The third kappa shape index (κ3) is 5.02. The molecule has 2 heterocycles. The molecule has 3 aromatic rings. The molecular formula is C20H20N2O3S2. The fourth-order valence-corrected chi connectivity index (χ4v) is 3.94. The second kappa shape index (κ2) is 8.02. The monoisotopic (exact) mass is 400 g/mol. The summed E-state index contributed by atoms with van der Waals surface area (Å²) in [6.45, 7) is 6.03. The van der Waals surface area contributed by atoms with Crippen molar-refractivity contribution in [2.75, 3.05) is 11.9 Å². The molecule has 0 aliphatic rings. The highest BCUT2D eigenvalue weighted by Gasteiger charge is 2.16. The number of nitrogens with one attached hydrogen (secondary N) is 1. The van der Waals surface area contributed by atoms with E-state index in [1.807, 2.05) is 41.8 Å². The van der Waals surface area contributed by atoms with E-state index >= 15 is 0 Å². The number of hydrogen-bond donors (Lipinski definition) is 1. The highest BCUT2D eigenvalue weighted by Crippen LogP contribution is 2.28. The number of amides is 1. The molecule has 27 heavy (non-hydrogen) atoms. The number of anilines is 1. The molecule has 0 unspecified atom stereocenters. The summed E-state index contributed by atoms with van der Waals surface area (Å²) in [6.07, 6.45) is 0. The Balaban J connectivity index is 1.52. The van der Waals surface area contributed by atoms with Gasteiger partial charge in [0.15, 0.2) is 12.3 Å². The number of esters is 1. The molecule has 0 spiro atoms. The minimum atomic E-state index is -0.604. The summed E-state index contributed by atoms with van der Waals surface area (Å²) >= 11 is 2.93. The van der Waals surface area contributed by atoms with Gasteiger partial charge in [-0.15, -0.1) is 22.7 Å². The highest BCUT2D eigenvalue weighted by molar-refractivity contribution is 7.20. The third-order valence-corrected chi connectivity index (χ3v) is 5.70. The molecule has 1 N–H and O–H groups in total. The van der Waals surface area contributed by atoms with Crippen LogP contribution in [0.15, 0.2) is 47.2 Å². The summed E-state index contributed by atoms with van der Waals surface area (Å²) in [5.74, 6) is -0.993. The zero-order chi connectivity index (χ0) is 19.4. The Kier molecular flexibility index (Phi) is 5.72. The van der Waals surface area contributed by atoms with E-state index < -0.39 is 5.97 Å². The number of aromatic nitrogens is 1. The topological polar surface area (TPSA) is 68.3 Å². The predicted molar refractivity (Wildman–Crippen MR) is 109 cm³/mol. The van der Waals surface area contributed by atoms with Crippen molar-refractivity contribution < 1.29 is 14.3 Å². The molecular weight excluding hydrogens is 380 g/mol. The summed E-state index contributed by atoms with van der Waals surface area (Å²) in [4.78, 5) is 29.4. The maximum absolute atomic E-state index is 12.1.